The number of ether oxygens (including phenoxy) is 1. The van der Waals surface area contributed by atoms with E-state index in [0.717, 1.165) is 26.9 Å². The van der Waals surface area contributed by atoms with Crippen LogP contribution in [0.1, 0.15) is 36.6 Å². The van der Waals surface area contributed by atoms with Crippen LogP contribution in [0.3, 0.4) is 0 Å². The minimum atomic E-state index is -0.667. The molecule has 0 aromatic heterocycles. The van der Waals surface area contributed by atoms with E-state index in [2.05, 4.69) is 15.9 Å². The maximum atomic E-state index is 10.6. The molecular formula is C17H19BrO2. The van der Waals surface area contributed by atoms with Crippen molar-refractivity contribution in [3.8, 4) is 5.75 Å². The summed E-state index contributed by atoms with van der Waals surface area (Å²) in [7, 11) is 0. The summed E-state index contributed by atoms with van der Waals surface area (Å²) in [6.07, 6.45) is -0.548. The lowest BCUT2D eigenvalue weighted by Gasteiger charge is -2.16. The molecule has 0 radical (unpaired) electrons. The molecule has 20 heavy (non-hydrogen) atoms. The van der Waals surface area contributed by atoms with Crippen molar-refractivity contribution in [3.63, 3.8) is 0 Å². The Hall–Kier alpha value is -1.32. The molecule has 1 unspecified atom stereocenters. The molecule has 0 saturated heterocycles. The second-order valence-electron chi connectivity index (χ2n) is 5.17. The zero-order valence-corrected chi connectivity index (χ0v) is 13.5. The minimum Gasteiger partial charge on any atom is -0.491 e. The fourth-order valence-corrected chi connectivity index (χ4v) is 2.55. The molecule has 0 saturated carbocycles. The lowest BCUT2D eigenvalue weighted by atomic mass is 10.00. The quantitative estimate of drug-likeness (QED) is 0.883. The molecule has 0 bridgehead atoms. The number of rotatable bonds is 4. The molecule has 3 heteroatoms. The molecule has 106 valence electrons. The van der Waals surface area contributed by atoms with Gasteiger partial charge in [0, 0.05) is 4.47 Å². The van der Waals surface area contributed by atoms with E-state index in [0.29, 0.717) is 0 Å². The van der Waals surface area contributed by atoms with Crippen molar-refractivity contribution in [1.29, 1.82) is 0 Å². The van der Waals surface area contributed by atoms with Gasteiger partial charge in [0.1, 0.15) is 11.9 Å². The highest BCUT2D eigenvalue weighted by Crippen LogP contribution is 2.31. The molecule has 1 N–H and O–H groups in total. The zero-order chi connectivity index (χ0) is 14.7. The van der Waals surface area contributed by atoms with Crippen LogP contribution >= 0.6 is 15.9 Å². The van der Waals surface area contributed by atoms with Gasteiger partial charge in [-0.2, -0.15) is 0 Å². The molecule has 2 aromatic carbocycles. The largest absolute Gasteiger partial charge is 0.491 e. The summed E-state index contributed by atoms with van der Waals surface area (Å²) >= 11 is 3.50. The van der Waals surface area contributed by atoms with Crippen LogP contribution in [0, 0.1) is 6.92 Å². The van der Waals surface area contributed by atoms with Gasteiger partial charge in [0.25, 0.3) is 0 Å². The summed E-state index contributed by atoms with van der Waals surface area (Å²) in [5.74, 6) is 0.778. The summed E-state index contributed by atoms with van der Waals surface area (Å²) in [6.45, 7) is 5.99. The van der Waals surface area contributed by atoms with Crippen LogP contribution in [0.2, 0.25) is 0 Å². The number of aliphatic hydroxyl groups is 1. The van der Waals surface area contributed by atoms with Gasteiger partial charge in [-0.3, -0.25) is 0 Å². The standard InChI is InChI=1S/C17H19BrO2/c1-11(2)20-14-6-4-5-13(10-14)17(19)15-9-12(3)7-8-16(15)18/h4-11,17,19H,1-3H3. The predicted molar refractivity (Wildman–Crippen MR) is 85.1 cm³/mol. The Morgan fingerprint density at radius 1 is 1.10 bits per heavy atom. The molecule has 0 amide bonds. The zero-order valence-electron chi connectivity index (χ0n) is 11.9. The second kappa shape index (κ2) is 6.42. The van der Waals surface area contributed by atoms with Gasteiger partial charge in [-0.1, -0.05) is 45.8 Å². The SMILES string of the molecule is Cc1ccc(Br)c(C(O)c2cccc(OC(C)C)c2)c1. The van der Waals surface area contributed by atoms with Gasteiger partial charge < -0.3 is 9.84 Å². The molecule has 0 aliphatic rings. The third-order valence-corrected chi connectivity index (χ3v) is 3.71. The van der Waals surface area contributed by atoms with Crippen molar-refractivity contribution in [1.82, 2.24) is 0 Å². The first-order valence-electron chi connectivity index (χ1n) is 6.68. The predicted octanol–water partition coefficient (Wildman–Crippen LogP) is 4.63. The monoisotopic (exact) mass is 334 g/mol. The van der Waals surface area contributed by atoms with Crippen molar-refractivity contribution in [3.05, 3.63) is 63.6 Å². The smallest absolute Gasteiger partial charge is 0.120 e. The number of aryl methyl sites for hydroxylation is 1. The third kappa shape index (κ3) is 3.62. The van der Waals surface area contributed by atoms with E-state index >= 15 is 0 Å². The molecule has 1 atom stereocenters. The van der Waals surface area contributed by atoms with E-state index in [-0.39, 0.29) is 6.10 Å². The Balaban J connectivity index is 2.33. The average Bonchev–Trinajstić information content (AvgIpc) is 2.40. The molecule has 2 nitrogen and oxygen atoms in total. The average molecular weight is 335 g/mol. The minimum absolute atomic E-state index is 0.119. The number of benzene rings is 2. The number of hydrogen-bond donors (Lipinski definition) is 1. The van der Waals surface area contributed by atoms with Crippen molar-refractivity contribution < 1.29 is 9.84 Å². The molecule has 2 aromatic rings. The normalized spacial score (nSPS) is 12.5. The Morgan fingerprint density at radius 3 is 2.55 bits per heavy atom. The van der Waals surface area contributed by atoms with E-state index in [9.17, 15) is 5.11 Å². The van der Waals surface area contributed by atoms with E-state index < -0.39 is 6.10 Å². The summed E-state index contributed by atoms with van der Waals surface area (Å²) in [6, 6.07) is 13.6. The highest BCUT2D eigenvalue weighted by atomic mass is 79.9. The van der Waals surface area contributed by atoms with Crippen molar-refractivity contribution >= 4 is 15.9 Å². The van der Waals surface area contributed by atoms with E-state index in [4.69, 9.17) is 4.74 Å². The Kier molecular flexibility index (Phi) is 4.84. The van der Waals surface area contributed by atoms with E-state index in [1.54, 1.807) is 0 Å². The van der Waals surface area contributed by atoms with Gasteiger partial charge in [-0.15, -0.1) is 0 Å². The van der Waals surface area contributed by atoms with Crippen LogP contribution in [0.15, 0.2) is 46.9 Å². The van der Waals surface area contributed by atoms with E-state index in [1.807, 2.05) is 63.2 Å². The summed E-state index contributed by atoms with van der Waals surface area (Å²) in [4.78, 5) is 0. The summed E-state index contributed by atoms with van der Waals surface area (Å²) in [5.41, 5.74) is 2.82. The van der Waals surface area contributed by atoms with Gasteiger partial charge in [-0.25, -0.2) is 0 Å². The van der Waals surface area contributed by atoms with Crippen molar-refractivity contribution in [2.24, 2.45) is 0 Å². The van der Waals surface area contributed by atoms with Crippen molar-refractivity contribution in [2.75, 3.05) is 0 Å². The molecule has 2 rings (SSSR count). The highest BCUT2D eigenvalue weighted by Gasteiger charge is 2.14. The van der Waals surface area contributed by atoms with Crippen LogP contribution in [0.4, 0.5) is 0 Å². The third-order valence-electron chi connectivity index (χ3n) is 2.99. The molecule has 0 fully saturated rings. The van der Waals surface area contributed by atoms with E-state index in [1.165, 1.54) is 0 Å². The maximum absolute atomic E-state index is 10.6. The van der Waals surface area contributed by atoms with Crippen LogP contribution in [-0.2, 0) is 0 Å². The number of aliphatic hydroxyl groups excluding tert-OH is 1. The van der Waals surface area contributed by atoms with Gasteiger partial charge >= 0.3 is 0 Å². The number of halogens is 1. The summed E-state index contributed by atoms with van der Waals surface area (Å²) < 4.78 is 6.58. The van der Waals surface area contributed by atoms with Gasteiger partial charge in [0.2, 0.25) is 0 Å². The van der Waals surface area contributed by atoms with Crippen molar-refractivity contribution in [2.45, 2.75) is 33.0 Å². The highest BCUT2D eigenvalue weighted by molar-refractivity contribution is 9.10. The molecule has 0 aliphatic heterocycles. The van der Waals surface area contributed by atoms with Crippen LogP contribution in [0.25, 0.3) is 0 Å². The molecular weight excluding hydrogens is 316 g/mol. The maximum Gasteiger partial charge on any atom is 0.120 e. The van der Waals surface area contributed by atoms with Crippen LogP contribution in [-0.4, -0.2) is 11.2 Å². The lowest BCUT2D eigenvalue weighted by Crippen LogP contribution is -2.07. The first kappa shape index (κ1) is 15.1. The molecule has 0 heterocycles. The fourth-order valence-electron chi connectivity index (χ4n) is 2.08. The molecule has 0 aliphatic carbocycles. The van der Waals surface area contributed by atoms with Crippen LogP contribution in [0.5, 0.6) is 5.75 Å². The molecule has 0 spiro atoms. The Labute approximate surface area is 128 Å². The van der Waals surface area contributed by atoms with Gasteiger partial charge in [0.15, 0.2) is 0 Å². The first-order valence-corrected chi connectivity index (χ1v) is 7.47. The Morgan fingerprint density at radius 2 is 1.85 bits per heavy atom. The van der Waals surface area contributed by atoms with Gasteiger partial charge in [-0.05, 0) is 50.1 Å². The van der Waals surface area contributed by atoms with Gasteiger partial charge in [0.05, 0.1) is 6.10 Å². The second-order valence-corrected chi connectivity index (χ2v) is 6.02. The first-order chi connectivity index (χ1) is 9.47. The number of hydrogen-bond acceptors (Lipinski definition) is 2. The topological polar surface area (TPSA) is 29.5 Å². The lowest BCUT2D eigenvalue weighted by molar-refractivity contribution is 0.215. The fraction of sp³-hybridized carbons (Fsp3) is 0.294. The Bertz CT molecular complexity index is 593. The van der Waals surface area contributed by atoms with Crippen LogP contribution < -0.4 is 4.74 Å². The summed E-state index contributed by atoms with van der Waals surface area (Å²) in [5, 5.41) is 10.6.